The summed E-state index contributed by atoms with van der Waals surface area (Å²) in [7, 11) is 1.82. The zero-order chi connectivity index (χ0) is 14.4. The van der Waals surface area contributed by atoms with E-state index in [1.807, 2.05) is 7.11 Å². The Morgan fingerprint density at radius 1 is 1.30 bits per heavy atom. The van der Waals surface area contributed by atoms with Crippen molar-refractivity contribution in [3.05, 3.63) is 29.8 Å². The molecule has 1 saturated heterocycles. The number of hydrogen-bond acceptors (Lipinski definition) is 3. The molecule has 3 heteroatoms. The molecule has 2 unspecified atom stereocenters. The van der Waals surface area contributed by atoms with Crippen molar-refractivity contribution in [2.45, 2.75) is 45.3 Å². The van der Waals surface area contributed by atoms with E-state index in [1.165, 1.54) is 24.1 Å². The van der Waals surface area contributed by atoms with Crippen LogP contribution in [-0.2, 0) is 4.74 Å². The number of nitrogens with one attached hydrogen (secondary N) is 1. The Hall–Kier alpha value is -1.06. The number of anilines is 1. The molecule has 1 N–H and O–H groups in total. The molecule has 1 aliphatic heterocycles. The summed E-state index contributed by atoms with van der Waals surface area (Å²) in [5.74, 6) is 0. The average molecular weight is 276 g/mol. The van der Waals surface area contributed by atoms with Crippen molar-refractivity contribution in [2.75, 3.05) is 31.6 Å². The minimum Gasteiger partial charge on any atom is -0.380 e. The highest BCUT2D eigenvalue weighted by molar-refractivity contribution is 5.48. The van der Waals surface area contributed by atoms with E-state index in [1.54, 1.807) is 0 Å². The van der Waals surface area contributed by atoms with Gasteiger partial charge >= 0.3 is 0 Å². The molecule has 1 heterocycles. The van der Waals surface area contributed by atoms with E-state index in [0.717, 1.165) is 26.1 Å². The van der Waals surface area contributed by atoms with E-state index in [4.69, 9.17) is 4.74 Å². The van der Waals surface area contributed by atoms with Crippen LogP contribution in [0.1, 0.15) is 44.7 Å². The summed E-state index contributed by atoms with van der Waals surface area (Å²) in [6.07, 6.45) is 3.91. The molecule has 0 aliphatic carbocycles. The van der Waals surface area contributed by atoms with Gasteiger partial charge in [0.1, 0.15) is 0 Å². The lowest BCUT2D eigenvalue weighted by Crippen LogP contribution is -2.39. The highest BCUT2D eigenvalue weighted by Gasteiger charge is 2.19. The molecule has 1 aliphatic rings. The van der Waals surface area contributed by atoms with Crippen LogP contribution in [0.25, 0.3) is 0 Å². The lowest BCUT2D eigenvalue weighted by atomic mass is 10.0. The molecule has 0 radical (unpaired) electrons. The van der Waals surface area contributed by atoms with Crippen molar-refractivity contribution in [3.63, 3.8) is 0 Å². The number of benzene rings is 1. The van der Waals surface area contributed by atoms with Crippen LogP contribution >= 0.6 is 0 Å². The van der Waals surface area contributed by atoms with Gasteiger partial charge in [0.05, 0.1) is 6.10 Å². The Morgan fingerprint density at radius 3 is 2.65 bits per heavy atom. The van der Waals surface area contributed by atoms with Crippen LogP contribution in [0.3, 0.4) is 0 Å². The molecule has 1 aromatic carbocycles. The van der Waals surface area contributed by atoms with Crippen molar-refractivity contribution < 1.29 is 4.74 Å². The molecule has 0 spiro atoms. The third kappa shape index (κ3) is 3.74. The first-order chi connectivity index (χ1) is 9.78. The van der Waals surface area contributed by atoms with Gasteiger partial charge in [0.25, 0.3) is 0 Å². The highest BCUT2D eigenvalue weighted by atomic mass is 16.5. The molecule has 0 saturated carbocycles. The molecule has 2 atom stereocenters. The van der Waals surface area contributed by atoms with Gasteiger partial charge < -0.3 is 15.0 Å². The van der Waals surface area contributed by atoms with Gasteiger partial charge in [-0.25, -0.2) is 0 Å². The minimum atomic E-state index is 0.383. The lowest BCUT2D eigenvalue weighted by Gasteiger charge is -2.33. The van der Waals surface area contributed by atoms with E-state index in [-0.39, 0.29) is 0 Å². The lowest BCUT2D eigenvalue weighted by molar-refractivity contribution is 0.0893. The van der Waals surface area contributed by atoms with Crippen molar-refractivity contribution in [3.8, 4) is 0 Å². The Balaban J connectivity index is 2.03. The summed E-state index contributed by atoms with van der Waals surface area (Å²) < 4.78 is 5.50. The van der Waals surface area contributed by atoms with Crippen LogP contribution in [0, 0.1) is 0 Å². The van der Waals surface area contributed by atoms with Crippen molar-refractivity contribution in [1.82, 2.24) is 5.32 Å². The molecule has 2 rings (SSSR count). The van der Waals surface area contributed by atoms with E-state index >= 15 is 0 Å². The summed E-state index contributed by atoms with van der Waals surface area (Å²) >= 11 is 0. The summed E-state index contributed by atoms with van der Waals surface area (Å²) in [6.45, 7) is 7.57. The van der Waals surface area contributed by atoms with Gasteiger partial charge in [-0.15, -0.1) is 0 Å². The maximum Gasteiger partial charge on any atom is 0.0746 e. The van der Waals surface area contributed by atoms with Crippen molar-refractivity contribution in [1.29, 1.82) is 0 Å². The van der Waals surface area contributed by atoms with Crippen LogP contribution in [0.5, 0.6) is 0 Å². The average Bonchev–Trinajstić information content (AvgIpc) is 2.53. The van der Waals surface area contributed by atoms with Gasteiger partial charge in [-0.05, 0) is 43.5 Å². The monoisotopic (exact) mass is 276 g/mol. The van der Waals surface area contributed by atoms with Crippen LogP contribution in [-0.4, -0.2) is 32.8 Å². The van der Waals surface area contributed by atoms with Crippen molar-refractivity contribution in [2.24, 2.45) is 0 Å². The van der Waals surface area contributed by atoms with Gasteiger partial charge in [-0.1, -0.05) is 26.0 Å². The van der Waals surface area contributed by atoms with Gasteiger partial charge in [0.2, 0.25) is 0 Å². The van der Waals surface area contributed by atoms with Crippen molar-refractivity contribution >= 4 is 5.69 Å². The number of nitrogens with zero attached hydrogens (tertiary/aromatic N) is 1. The summed E-state index contributed by atoms with van der Waals surface area (Å²) in [4.78, 5) is 2.44. The van der Waals surface area contributed by atoms with Gasteiger partial charge in [-0.2, -0.15) is 0 Å². The normalized spacial score (nSPS) is 20.9. The van der Waals surface area contributed by atoms with Gasteiger partial charge in [0.15, 0.2) is 0 Å². The number of piperidine rings is 1. The highest BCUT2D eigenvalue weighted by Crippen LogP contribution is 2.24. The van der Waals surface area contributed by atoms with E-state index in [0.29, 0.717) is 12.1 Å². The van der Waals surface area contributed by atoms with Crippen LogP contribution < -0.4 is 10.2 Å². The van der Waals surface area contributed by atoms with Gasteiger partial charge in [-0.3, -0.25) is 0 Å². The summed E-state index contributed by atoms with van der Waals surface area (Å²) in [6, 6.07) is 9.52. The second-order valence-corrected chi connectivity index (χ2v) is 5.56. The number of hydrogen-bond donors (Lipinski definition) is 1. The fourth-order valence-electron chi connectivity index (χ4n) is 3.03. The van der Waals surface area contributed by atoms with E-state index in [9.17, 15) is 0 Å². The molecule has 20 heavy (non-hydrogen) atoms. The van der Waals surface area contributed by atoms with E-state index in [2.05, 4.69) is 48.3 Å². The fraction of sp³-hybridized carbons (Fsp3) is 0.647. The first kappa shape index (κ1) is 15.3. The Bertz CT molecular complexity index is 390. The molecule has 1 aromatic rings. The SMILES string of the molecule is CCNC(CC)c1ccc(N2CCCC(OC)C2)cc1. The molecule has 1 fully saturated rings. The Morgan fingerprint density at radius 2 is 2.05 bits per heavy atom. The second kappa shape index (κ2) is 7.65. The van der Waals surface area contributed by atoms with Crippen LogP contribution in [0.2, 0.25) is 0 Å². The number of methoxy groups -OCH3 is 1. The molecule has 0 amide bonds. The summed E-state index contributed by atoms with van der Waals surface area (Å²) in [5.41, 5.74) is 2.71. The zero-order valence-electron chi connectivity index (χ0n) is 13.1. The molecule has 112 valence electrons. The van der Waals surface area contributed by atoms with Gasteiger partial charge in [0, 0.05) is 31.9 Å². The van der Waals surface area contributed by atoms with Crippen LogP contribution in [0.15, 0.2) is 24.3 Å². The zero-order valence-corrected chi connectivity index (χ0v) is 13.1. The number of ether oxygens (including phenoxy) is 1. The third-order valence-corrected chi connectivity index (χ3v) is 4.23. The first-order valence-corrected chi connectivity index (χ1v) is 7.89. The standard InChI is InChI=1S/C17H28N2O/c1-4-17(18-5-2)14-8-10-15(11-9-14)19-12-6-7-16(13-19)20-3/h8-11,16-18H,4-7,12-13H2,1-3H3. The predicted molar refractivity (Wildman–Crippen MR) is 85.4 cm³/mol. The topological polar surface area (TPSA) is 24.5 Å². The minimum absolute atomic E-state index is 0.383. The second-order valence-electron chi connectivity index (χ2n) is 5.56. The van der Waals surface area contributed by atoms with Crippen LogP contribution in [0.4, 0.5) is 5.69 Å². The Labute approximate surface area is 123 Å². The fourth-order valence-corrected chi connectivity index (χ4v) is 3.03. The predicted octanol–water partition coefficient (Wildman–Crippen LogP) is 3.36. The smallest absolute Gasteiger partial charge is 0.0746 e. The molecular weight excluding hydrogens is 248 g/mol. The maximum absolute atomic E-state index is 5.50. The summed E-state index contributed by atoms with van der Waals surface area (Å²) in [5, 5.41) is 3.53. The maximum atomic E-state index is 5.50. The Kier molecular flexibility index (Phi) is 5.86. The molecule has 0 aromatic heterocycles. The quantitative estimate of drug-likeness (QED) is 0.862. The number of rotatable bonds is 6. The van der Waals surface area contributed by atoms with E-state index < -0.39 is 0 Å². The molecule has 0 bridgehead atoms. The third-order valence-electron chi connectivity index (χ3n) is 4.23. The molecule has 3 nitrogen and oxygen atoms in total. The first-order valence-electron chi connectivity index (χ1n) is 7.89. The molecular formula is C17H28N2O. The largest absolute Gasteiger partial charge is 0.380 e.